The van der Waals surface area contributed by atoms with E-state index < -0.39 is 11.9 Å². The first-order valence-corrected chi connectivity index (χ1v) is 9.23. The van der Waals surface area contributed by atoms with Gasteiger partial charge in [0.15, 0.2) is 0 Å². The molecule has 0 aliphatic carbocycles. The minimum atomic E-state index is -0.503. The number of esters is 2. The molecule has 1 aliphatic heterocycles. The third kappa shape index (κ3) is 2.88. The van der Waals surface area contributed by atoms with E-state index in [0.29, 0.717) is 10.0 Å². The Labute approximate surface area is 146 Å². The molecule has 0 aromatic heterocycles. The fraction of sp³-hybridized carbons (Fsp3) is 0.158. The van der Waals surface area contributed by atoms with Gasteiger partial charge in [-0.2, -0.15) is 0 Å². The van der Waals surface area contributed by atoms with Crippen LogP contribution in [-0.4, -0.2) is 41.1 Å². The van der Waals surface area contributed by atoms with E-state index >= 15 is 0 Å². The van der Waals surface area contributed by atoms with Crippen molar-refractivity contribution in [2.75, 3.05) is 14.2 Å². The summed E-state index contributed by atoms with van der Waals surface area (Å²) in [5.41, 5.74) is 3.23. The second-order valence-corrected chi connectivity index (χ2v) is 7.52. The zero-order chi connectivity index (χ0) is 17.1. The molecule has 4 nitrogen and oxygen atoms in total. The van der Waals surface area contributed by atoms with Crippen molar-refractivity contribution in [2.45, 2.75) is 4.82 Å². The van der Waals surface area contributed by atoms with Gasteiger partial charge in [0.1, 0.15) is 0 Å². The van der Waals surface area contributed by atoms with Crippen molar-refractivity contribution in [3.8, 4) is 0 Å². The molecule has 0 bridgehead atoms. The van der Waals surface area contributed by atoms with Crippen molar-refractivity contribution >= 4 is 32.5 Å². The van der Waals surface area contributed by atoms with E-state index in [1.165, 1.54) is 14.2 Å². The monoisotopic (exact) mass is 388 g/mol. The predicted octanol–water partition coefficient (Wildman–Crippen LogP) is 2.55. The summed E-state index contributed by atoms with van der Waals surface area (Å²) in [7, 11) is 2.65. The summed E-state index contributed by atoms with van der Waals surface area (Å²) in [6.45, 7) is 0. The first-order chi connectivity index (χ1) is 11.7. The van der Waals surface area contributed by atoms with Crippen molar-refractivity contribution in [1.82, 2.24) is 0 Å². The molecule has 0 amide bonds. The third-order valence-corrected chi connectivity index (χ3v) is 6.71. The van der Waals surface area contributed by atoms with Gasteiger partial charge in [0, 0.05) is 0 Å². The quantitative estimate of drug-likeness (QED) is 0.600. The van der Waals surface area contributed by atoms with E-state index in [1.807, 2.05) is 54.6 Å². The number of carbonyl (C=O) groups is 2. The first-order valence-electron chi connectivity index (χ1n) is 7.39. The molecule has 0 saturated heterocycles. The maximum absolute atomic E-state index is 12.3. The van der Waals surface area contributed by atoms with Crippen LogP contribution in [0.1, 0.15) is 21.5 Å². The standard InChI is InChI=1S/C19H16O4Se/c1-22-18(20)15-13-10-6-7-11-14(13)16(12-8-4-3-5-9-12)24-17(15)19(21)23-2/h3-11,16H,1-2H3. The number of hydrogen-bond acceptors (Lipinski definition) is 4. The molecule has 0 spiro atoms. The van der Waals surface area contributed by atoms with Crippen molar-refractivity contribution < 1.29 is 19.1 Å². The van der Waals surface area contributed by atoms with E-state index in [1.54, 1.807) is 0 Å². The van der Waals surface area contributed by atoms with Gasteiger partial charge in [0.2, 0.25) is 0 Å². The van der Waals surface area contributed by atoms with E-state index in [-0.39, 0.29) is 19.8 Å². The summed E-state index contributed by atoms with van der Waals surface area (Å²) in [5.74, 6) is -0.970. The average Bonchev–Trinajstić information content (AvgIpc) is 2.66. The van der Waals surface area contributed by atoms with E-state index in [0.717, 1.165) is 16.7 Å². The van der Waals surface area contributed by atoms with Gasteiger partial charge in [0.25, 0.3) is 0 Å². The van der Waals surface area contributed by atoms with Crippen molar-refractivity contribution in [3.63, 3.8) is 0 Å². The zero-order valence-electron chi connectivity index (χ0n) is 13.3. The maximum atomic E-state index is 12.3. The third-order valence-electron chi connectivity index (χ3n) is 3.84. The molecule has 2 aromatic carbocycles. The zero-order valence-corrected chi connectivity index (χ0v) is 15.0. The Morgan fingerprint density at radius 3 is 2.17 bits per heavy atom. The fourth-order valence-electron chi connectivity index (χ4n) is 2.74. The molecule has 1 heterocycles. The predicted molar refractivity (Wildman–Crippen MR) is 91.4 cm³/mol. The molecule has 1 unspecified atom stereocenters. The Morgan fingerprint density at radius 1 is 0.875 bits per heavy atom. The molecule has 0 radical (unpaired) electrons. The SMILES string of the molecule is COC(=O)C1=C(C(=O)OC)c2ccccc2C(c2ccccc2)[Se]1. The van der Waals surface area contributed by atoms with Crippen LogP contribution in [0.4, 0.5) is 0 Å². The molecule has 3 rings (SSSR count). The van der Waals surface area contributed by atoms with Crippen LogP contribution in [0.3, 0.4) is 0 Å². The summed E-state index contributed by atoms with van der Waals surface area (Å²) >= 11 is -0.285. The Kier molecular flexibility index (Phi) is 4.84. The summed E-state index contributed by atoms with van der Waals surface area (Å²) in [5, 5.41) is 0. The number of methoxy groups -OCH3 is 2. The van der Waals surface area contributed by atoms with Gasteiger partial charge in [-0.25, -0.2) is 0 Å². The molecule has 0 saturated carbocycles. The minimum absolute atomic E-state index is 0.0532. The molecule has 1 atom stereocenters. The van der Waals surface area contributed by atoms with E-state index in [4.69, 9.17) is 9.47 Å². The van der Waals surface area contributed by atoms with Crippen LogP contribution in [0.25, 0.3) is 5.57 Å². The van der Waals surface area contributed by atoms with Crippen LogP contribution < -0.4 is 0 Å². The Balaban J connectivity index is 2.23. The van der Waals surface area contributed by atoms with E-state index in [9.17, 15) is 9.59 Å². The fourth-order valence-corrected chi connectivity index (χ4v) is 5.58. The van der Waals surface area contributed by atoms with Gasteiger partial charge in [-0.15, -0.1) is 0 Å². The Morgan fingerprint density at radius 2 is 1.50 bits per heavy atom. The number of fused-ring (bicyclic) bond motifs is 1. The summed E-state index contributed by atoms with van der Waals surface area (Å²) < 4.78 is 10.3. The molecule has 122 valence electrons. The molecule has 5 heteroatoms. The van der Waals surface area contributed by atoms with Crippen LogP contribution >= 0.6 is 0 Å². The first kappa shape index (κ1) is 16.5. The van der Waals surface area contributed by atoms with Crippen LogP contribution in [0.5, 0.6) is 0 Å². The molecule has 1 aliphatic rings. The van der Waals surface area contributed by atoms with Crippen LogP contribution in [-0.2, 0) is 19.1 Å². The molecular formula is C19H16O4Se. The van der Waals surface area contributed by atoms with Crippen LogP contribution in [0, 0.1) is 0 Å². The van der Waals surface area contributed by atoms with Crippen LogP contribution in [0.2, 0.25) is 0 Å². The van der Waals surface area contributed by atoms with Gasteiger partial charge in [0.05, 0.1) is 0 Å². The topological polar surface area (TPSA) is 52.6 Å². The molecule has 0 fully saturated rings. The second kappa shape index (κ2) is 7.03. The molecule has 24 heavy (non-hydrogen) atoms. The van der Waals surface area contributed by atoms with Crippen molar-refractivity contribution in [1.29, 1.82) is 0 Å². The molecule has 2 aromatic rings. The van der Waals surface area contributed by atoms with Crippen molar-refractivity contribution in [3.05, 3.63) is 75.8 Å². The average molecular weight is 387 g/mol. The summed E-state index contributed by atoms with van der Waals surface area (Å²) in [6, 6.07) is 17.7. The van der Waals surface area contributed by atoms with Gasteiger partial charge >= 0.3 is 146 Å². The Bertz CT molecular complexity index is 811. The summed E-state index contributed by atoms with van der Waals surface area (Å²) in [4.78, 5) is 24.7. The number of carbonyl (C=O) groups excluding carboxylic acids is 2. The molecular weight excluding hydrogens is 371 g/mol. The Hall–Kier alpha value is -2.36. The number of rotatable bonds is 3. The van der Waals surface area contributed by atoms with Gasteiger partial charge in [-0.05, 0) is 0 Å². The molecule has 0 N–H and O–H groups in total. The van der Waals surface area contributed by atoms with E-state index in [2.05, 4.69) is 0 Å². The van der Waals surface area contributed by atoms with Gasteiger partial charge < -0.3 is 0 Å². The number of hydrogen-bond donors (Lipinski definition) is 0. The van der Waals surface area contributed by atoms with Crippen LogP contribution in [0.15, 0.2) is 59.1 Å². The van der Waals surface area contributed by atoms with Gasteiger partial charge in [-0.3, -0.25) is 0 Å². The number of ether oxygens (including phenoxy) is 2. The number of benzene rings is 2. The summed E-state index contributed by atoms with van der Waals surface area (Å²) in [6.07, 6.45) is 0. The van der Waals surface area contributed by atoms with Crippen molar-refractivity contribution in [2.24, 2.45) is 0 Å². The van der Waals surface area contributed by atoms with Gasteiger partial charge in [-0.1, -0.05) is 0 Å². The normalized spacial score (nSPS) is 16.3. The second-order valence-electron chi connectivity index (χ2n) is 5.18.